The molecule has 1 N–H and O–H groups in total. The largest absolute Gasteiger partial charge is 0.281 e. The summed E-state index contributed by atoms with van der Waals surface area (Å²) in [4.78, 5) is 0.210. The molecule has 1 aliphatic carbocycles. The van der Waals surface area contributed by atoms with Gasteiger partial charge in [-0.2, -0.15) is 14.7 Å². The van der Waals surface area contributed by atoms with Crippen LogP contribution in [0.15, 0.2) is 11.1 Å². The molecule has 17 heavy (non-hydrogen) atoms. The highest BCUT2D eigenvalue weighted by molar-refractivity contribution is 7.89. The van der Waals surface area contributed by atoms with Gasteiger partial charge in [0.15, 0.2) is 0 Å². The van der Waals surface area contributed by atoms with Gasteiger partial charge < -0.3 is 0 Å². The van der Waals surface area contributed by atoms with Gasteiger partial charge in [-0.25, -0.2) is 8.42 Å². The van der Waals surface area contributed by atoms with Crippen molar-refractivity contribution in [3.8, 4) is 6.07 Å². The van der Waals surface area contributed by atoms with Crippen molar-refractivity contribution in [2.45, 2.75) is 37.1 Å². The molecule has 92 valence electrons. The number of sulfonamides is 1. The molecule has 0 aliphatic heterocycles. The number of aromatic amines is 1. The maximum absolute atomic E-state index is 12.4. The number of nitrogens with one attached hydrogen (secondary N) is 1. The van der Waals surface area contributed by atoms with Gasteiger partial charge in [-0.05, 0) is 19.8 Å². The highest BCUT2D eigenvalue weighted by atomic mass is 32.2. The van der Waals surface area contributed by atoms with Crippen LogP contribution in [0.3, 0.4) is 0 Å². The Hall–Kier alpha value is -1.39. The Morgan fingerprint density at radius 3 is 2.82 bits per heavy atom. The van der Waals surface area contributed by atoms with E-state index in [2.05, 4.69) is 10.2 Å². The van der Waals surface area contributed by atoms with Crippen LogP contribution in [0.4, 0.5) is 0 Å². The summed E-state index contributed by atoms with van der Waals surface area (Å²) in [7, 11) is -3.51. The third kappa shape index (κ3) is 2.33. The molecule has 0 bridgehead atoms. The Morgan fingerprint density at radius 1 is 1.65 bits per heavy atom. The van der Waals surface area contributed by atoms with Crippen molar-refractivity contribution < 1.29 is 8.42 Å². The normalized spacial score (nSPS) is 16.1. The van der Waals surface area contributed by atoms with E-state index in [4.69, 9.17) is 5.26 Å². The number of aryl methyl sites for hydroxylation is 1. The van der Waals surface area contributed by atoms with Crippen molar-refractivity contribution in [3.63, 3.8) is 0 Å². The van der Waals surface area contributed by atoms with E-state index >= 15 is 0 Å². The lowest BCUT2D eigenvalue weighted by atomic mass is 10.4. The van der Waals surface area contributed by atoms with Crippen LogP contribution in [-0.4, -0.2) is 35.5 Å². The van der Waals surface area contributed by atoms with Crippen molar-refractivity contribution in [3.05, 3.63) is 11.9 Å². The monoisotopic (exact) mass is 254 g/mol. The van der Waals surface area contributed by atoms with Crippen molar-refractivity contribution in [1.82, 2.24) is 14.5 Å². The van der Waals surface area contributed by atoms with Gasteiger partial charge in [0, 0.05) is 19.0 Å². The quantitative estimate of drug-likeness (QED) is 0.841. The summed E-state index contributed by atoms with van der Waals surface area (Å²) in [5.74, 6) is 0. The van der Waals surface area contributed by atoms with Crippen LogP contribution in [-0.2, 0) is 10.0 Å². The molecule has 0 atom stereocenters. The maximum Gasteiger partial charge on any atom is 0.246 e. The molecule has 1 fully saturated rings. The molecular weight excluding hydrogens is 240 g/mol. The number of hydrogen-bond donors (Lipinski definition) is 1. The Bertz CT molecular complexity index is 539. The summed E-state index contributed by atoms with van der Waals surface area (Å²) in [6.07, 6.45) is 3.29. The Labute approximate surface area is 100 Å². The molecule has 2 rings (SSSR count). The number of aromatic nitrogens is 2. The summed E-state index contributed by atoms with van der Waals surface area (Å²) in [6.45, 7) is 1.93. The lowest BCUT2D eigenvalue weighted by Crippen LogP contribution is -2.34. The van der Waals surface area contributed by atoms with E-state index in [1.54, 1.807) is 6.92 Å². The van der Waals surface area contributed by atoms with E-state index in [-0.39, 0.29) is 23.9 Å². The van der Waals surface area contributed by atoms with E-state index < -0.39 is 10.0 Å². The lowest BCUT2D eigenvalue weighted by Gasteiger charge is -2.20. The molecule has 1 aromatic heterocycles. The van der Waals surface area contributed by atoms with Gasteiger partial charge in [0.25, 0.3) is 0 Å². The third-order valence-corrected chi connectivity index (χ3v) is 4.83. The van der Waals surface area contributed by atoms with Crippen molar-refractivity contribution in [2.75, 3.05) is 6.54 Å². The SMILES string of the molecule is Cc1[nH]ncc1S(=O)(=O)N(CCC#N)C1CC1. The summed E-state index contributed by atoms with van der Waals surface area (Å²) < 4.78 is 26.1. The molecule has 1 aromatic rings. The average Bonchev–Trinajstić information content (AvgIpc) is 3.00. The highest BCUT2D eigenvalue weighted by Crippen LogP contribution is 2.32. The average molecular weight is 254 g/mol. The number of hydrogen-bond acceptors (Lipinski definition) is 4. The fourth-order valence-corrected chi connectivity index (χ4v) is 3.55. The third-order valence-electron chi connectivity index (χ3n) is 2.77. The first kappa shape index (κ1) is 12.1. The molecule has 1 saturated carbocycles. The molecule has 0 radical (unpaired) electrons. The molecule has 7 heteroatoms. The molecule has 6 nitrogen and oxygen atoms in total. The molecule has 1 heterocycles. The Balaban J connectivity index is 2.29. The first-order valence-corrected chi connectivity index (χ1v) is 6.90. The van der Waals surface area contributed by atoms with Gasteiger partial charge in [-0.1, -0.05) is 0 Å². The van der Waals surface area contributed by atoms with Crippen LogP contribution in [0.1, 0.15) is 25.0 Å². The van der Waals surface area contributed by atoms with Crippen LogP contribution in [0.25, 0.3) is 0 Å². The topological polar surface area (TPSA) is 89.8 Å². The summed E-state index contributed by atoms with van der Waals surface area (Å²) in [5.41, 5.74) is 0.535. The van der Waals surface area contributed by atoms with E-state index in [1.807, 2.05) is 6.07 Å². The predicted molar refractivity (Wildman–Crippen MR) is 60.5 cm³/mol. The molecular formula is C10H14N4O2S. The molecule has 1 aliphatic rings. The second-order valence-electron chi connectivity index (χ2n) is 4.11. The fraction of sp³-hybridized carbons (Fsp3) is 0.600. The van der Waals surface area contributed by atoms with E-state index in [0.717, 1.165) is 12.8 Å². The lowest BCUT2D eigenvalue weighted by molar-refractivity contribution is 0.410. The van der Waals surface area contributed by atoms with Gasteiger partial charge in [0.05, 0.1) is 18.0 Å². The van der Waals surface area contributed by atoms with Crippen LogP contribution in [0, 0.1) is 18.3 Å². The first-order valence-electron chi connectivity index (χ1n) is 5.46. The van der Waals surface area contributed by atoms with Crippen molar-refractivity contribution >= 4 is 10.0 Å². The summed E-state index contributed by atoms with van der Waals surface area (Å²) in [5, 5.41) is 14.9. The number of H-pyrrole nitrogens is 1. The second kappa shape index (κ2) is 4.47. The van der Waals surface area contributed by atoms with Crippen LogP contribution >= 0.6 is 0 Å². The van der Waals surface area contributed by atoms with E-state index in [1.165, 1.54) is 10.5 Å². The first-order chi connectivity index (χ1) is 8.07. The van der Waals surface area contributed by atoms with Gasteiger partial charge in [-0.15, -0.1) is 0 Å². The van der Waals surface area contributed by atoms with Gasteiger partial charge in [0.1, 0.15) is 4.90 Å². The minimum atomic E-state index is -3.51. The van der Waals surface area contributed by atoms with E-state index in [9.17, 15) is 8.42 Å². The Kier molecular flexibility index (Phi) is 3.17. The predicted octanol–water partition coefficient (Wildman–Crippen LogP) is 0.785. The minimum Gasteiger partial charge on any atom is -0.281 e. The van der Waals surface area contributed by atoms with Crippen LogP contribution in [0.2, 0.25) is 0 Å². The zero-order valence-corrected chi connectivity index (χ0v) is 10.4. The van der Waals surface area contributed by atoms with Gasteiger partial charge in [0.2, 0.25) is 10.0 Å². The zero-order valence-electron chi connectivity index (χ0n) is 9.55. The second-order valence-corrected chi connectivity index (χ2v) is 5.97. The number of nitriles is 1. The van der Waals surface area contributed by atoms with Gasteiger partial charge in [-0.3, -0.25) is 5.10 Å². The van der Waals surface area contributed by atoms with Crippen molar-refractivity contribution in [2.24, 2.45) is 0 Å². The van der Waals surface area contributed by atoms with Crippen molar-refractivity contribution in [1.29, 1.82) is 5.26 Å². The highest BCUT2D eigenvalue weighted by Gasteiger charge is 2.38. The van der Waals surface area contributed by atoms with E-state index in [0.29, 0.717) is 5.69 Å². The minimum absolute atomic E-state index is 0.0580. The number of nitrogens with zero attached hydrogens (tertiary/aromatic N) is 3. The summed E-state index contributed by atoms with van der Waals surface area (Å²) in [6, 6.07) is 2.04. The van der Waals surface area contributed by atoms with Crippen LogP contribution < -0.4 is 0 Å². The standard InChI is InChI=1S/C10H14N4O2S/c1-8-10(7-12-13-8)17(15,16)14(6-2-5-11)9-3-4-9/h7,9H,2-4,6H2,1H3,(H,12,13). The summed E-state index contributed by atoms with van der Waals surface area (Å²) >= 11 is 0. The molecule has 0 unspecified atom stereocenters. The smallest absolute Gasteiger partial charge is 0.246 e. The van der Waals surface area contributed by atoms with Gasteiger partial charge >= 0.3 is 0 Å². The zero-order chi connectivity index (χ0) is 12.5. The maximum atomic E-state index is 12.4. The fourth-order valence-electron chi connectivity index (χ4n) is 1.75. The molecule has 0 saturated heterocycles. The Morgan fingerprint density at radius 2 is 2.35 bits per heavy atom. The molecule has 0 amide bonds. The molecule has 0 spiro atoms. The molecule has 0 aromatic carbocycles. The van der Waals surface area contributed by atoms with Crippen LogP contribution in [0.5, 0.6) is 0 Å². The number of rotatable bonds is 5.